The molecule has 0 saturated heterocycles. The Morgan fingerprint density at radius 1 is 1.19 bits per heavy atom. The molecular weight excluding hydrogens is 351 g/mol. The molecule has 1 N–H and O–H groups in total. The fraction of sp³-hybridized carbons (Fsp3) is 0.105. The van der Waals surface area contributed by atoms with Gasteiger partial charge in [-0.1, -0.05) is 12.1 Å². The second-order valence-corrected chi connectivity index (χ2v) is 6.37. The minimum Gasteiger partial charge on any atom is -0.463 e. The van der Waals surface area contributed by atoms with Crippen LogP contribution in [0.25, 0.3) is 17.1 Å². The molecule has 0 spiro atoms. The lowest BCUT2D eigenvalue weighted by Gasteiger charge is -2.14. The lowest BCUT2D eigenvalue weighted by molar-refractivity contribution is 0.0762. The molecule has 0 bridgehead atoms. The number of nitrogens with one attached hydrogen (secondary N) is 1. The van der Waals surface area contributed by atoms with Gasteiger partial charge < -0.3 is 9.32 Å². The highest BCUT2D eigenvalue weighted by atomic mass is 19.1. The second-order valence-electron chi connectivity index (χ2n) is 6.37. The molecule has 8 heteroatoms. The maximum absolute atomic E-state index is 13.1. The number of aromatic amines is 1. The quantitative estimate of drug-likeness (QED) is 0.606. The molecule has 7 nitrogen and oxygen atoms in total. The summed E-state index contributed by atoms with van der Waals surface area (Å²) in [6, 6.07) is 11.1. The molecule has 27 heavy (non-hydrogen) atoms. The Morgan fingerprint density at radius 2 is 2.00 bits per heavy atom. The zero-order chi connectivity index (χ0) is 18.5. The molecule has 0 atom stereocenters. The molecule has 0 unspecified atom stereocenters. The van der Waals surface area contributed by atoms with Crippen molar-refractivity contribution >= 4 is 11.6 Å². The number of hydrogen-bond acceptors (Lipinski definition) is 4. The molecule has 0 saturated carbocycles. The number of carbonyl (C=O) groups is 1. The van der Waals surface area contributed by atoms with Gasteiger partial charge in [0.1, 0.15) is 17.2 Å². The molecule has 4 aromatic rings. The summed E-state index contributed by atoms with van der Waals surface area (Å²) in [6.45, 7) is 0.445. The van der Waals surface area contributed by atoms with Gasteiger partial charge in [-0.2, -0.15) is 0 Å². The lowest BCUT2D eigenvalue weighted by Crippen LogP contribution is -2.23. The van der Waals surface area contributed by atoms with Crippen molar-refractivity contribution in [2.45, 2.75) is 13.1 Å². The van der Waals surface area contributed by atoms with Crippen LogP contribution in [-0.2, 0) is 13.1 Å². The first kappa shape index (κ1) is 15.6. The summed E-state index contributed by atoms with van der Waals surface area (Å²) in [5.41, 5.74) is 1.91. The number of aromatic nitrogens is 3. The molecule has 0 aliphatic carbocycles. The van der Waals surface area contributed by atoms with Crippen molar-refractivity contribution in [1.29, 1.82) is 0 Å². The maximum atomic E-state index is 13.1. The number of furan rings is 1. The summed E-state index contributed by atoms with van der Waals surface area (Å²) in [7, 11) is 0. The number of carbonyl (C=O) groups excluding carboxylic acids is 1. The highest BCUT2D eigenvalue weighted by molar-refractivity contribution is 5.96. The van der Waals surface area contributed by atoms with Crippen molar-refractivity contribution < 1.29 is 13.6 Å². The van der Waals surface area contributed by atoms with Gasteiger partial charge in [-0.15, -0.1) is 0 Å². The number of halogens is 1. The fourth-order valence-electron chi connectivity index (χ4n) is 3.29. The van der Waals surface area contributed by atoms with E-state index in [0.717, 1.165) is 5.56 Å². The van der Waals surface area contributed by atoms with Crippen molar-refractivity contribution in [3.8, 4) is 11.5 Å². The standard InChI is InChI=1S/C19H13FN4O3/c20-12-5-3-11(4-6-12)9-23-10-13-17(19(23)26)21-16-8-14(15-2-1-7-27-15)22-24(16)18(13)25/h1-8,22H,9-10H2. The van der Waals surface area contributed by atoms with Gasteiger partial charge in [-0.25, -0.2) is 13.9 Å². The summed E-state index contributed by atoms with van der Waals surface area (Å²) in [5, 5.41) is 2.96. The van der Waals surface area contributed by atoms with Crippen molar-refractivity contribution in [1.82, 2.24) is 19.5 Å². The van der Waals surface area contributed by atoms with Crippen LogP contribution in [0.5, 0.6) is 0 Å². The average molecular weight is 364 g/mol. The number of fused-ring (bicyclic) bond motifs is 2. The fourth-order valence-corrected chi connectivity index (χ4v) is 3.29. The minimum absolute atomic E-state index is 0.159. The van der Waals surface area contributed by atoms with E-state index in [1.165, 1.54) is 27.8 Å². The summed E-state index contributed by atoms with van der Waals surface area (Å²) in [4.78, 5) is 31.4. The SMILES string of the molecule is O=C1c2nc3cc(-c4ccco4)[nH]n3c(=O)c2CN1Cc1ccc(F)cc1. The second kappa shape index (κ2) is 5.66. The molecule has 134 valence electrons. The first-order chi connectivity index (χ1) is 13.1. The summed E-state index contributed by atoms with van der Waals surface area (Å²) < 4.78 is 19.7. The van der Waals surface area contributed by atoms with Gasteiger partial charge >= 0.3 is 0 Å². The van der Waals surface area contributed by atoms with Gasteiger partial charge in [0.25, 0.3) is 11.5 Å². The van der Waals surface area contributed by atoms with E-state index in [-0.39, 0.29) is 36.1 Å². The van der Waals surface area contributed by atoms with Gasteiger partial charge in [0.2, 0.25) is 0 Å². The maximum Gasteiger partial charge on any atom is 0.278 e. The zero-order valence-electron chi connectivity index (χ0n) is 14.0. The Balaban J connectivity index is 1.52. The molecule has 1 amide bonds. The summed E-state index contributed by atoms with van der Waals surface area (Å²) in [6.07, 6.45) is 1.54. The van der Waals surface area contributed by atoms with Crippen LogP contribution in [0.15, 0.2) is 57.9 Å². The number of nitrogens with zero attached hydrogens (tertiary/aromatic N) is 3. The Morgan fingerprint density at radius 3 is 2.74 bits per heavy atom. The highest BCUT2D eigenvalue weighted by Crippen LogP contribution is 2.23. The third kappa shape index (κ3) is 2.45. The average Bonchev–Trinajstić information content (AvgIpc) is 3.38. The number of amides is 1. The molecule has 1 aromatic carbocycles. The molecule has 3 aromatic heterocycles. The van der Waals surface area contributed by atoms with E-state index in [9.17, 15) is 14.0 Å². The van der Waals surface area contributed by atoms with Crippen LogP contribution in [0.3, 0.4) is 0 Å². The smallest absolute Gasteiger partial charge is 0.278 e. The van der Waals surface area contributed by atoms with Crippen molar-refractivity contribution in [2.75, 3.05) is 0 Å². The van der Waals surface area contributed by atoms with E-state index in [1.807, 2.05) is 0 Å². The zero-order valence-corrected chi connectivity index (χ0v) is 14.0. The van der Waals surface area contributed by atoms with Crippen molar-refractivity contribution in [3.63, 3.8) is 0 Å². The van der Waals surface area contributed by atoms with E-state index < -0.39 is 0 Å². The van der Waals surface area contributed by atoms with Crippen LogP contribution >= 0.6 is 0 Å². The lowest BCUT2D eigenvalue weighted by atomic mass is 10.2. The minimum atomic E-state index is -0.337. The largest absolute Gasteiger partial charge is 0.463 e. The normalized spacial score (nSPS) is 13.5. The van der Waals surface area contributed by atoms with E-state index in [0.29, 0.717) is 22.7 Å². The van der Waals surface area contributed by atoms with E-state index in [1.54, 1.807) is 30.3 Å². The van der Waals surface area contributed by atoms with Crippen LogP contribution in [0.4, 0.5) is 4.39 Å². The number of benzene rings is 1. The third-order valence-electron chi connectivity index (χ3n) is 4.62. The number of H-pyrrole nitrogens is 1. The van der Waals surface area contributed by atoms with E-state index in [4.69, 9.17) is 4.42 Å². The topological polar surface area (TPSA) is 83.6 Å². The summed E-state index contributed by atoms with van der Waals surface area (Å²) in [5.74, 6) is -0.0738. The van der Waals surface area contributed by atoms with Gasteiger partial charge in [-0.05, 0) is 29.8 Å². The summed E-state index contributed by atoms with van der Waals surface area (Å²) >= 11 is 0. The first-order valence-electron chi connectivity index (χ1n) is 8.32. The number of rotatable bonds is 3. The first-order valence-corrected chi connectivity index (χ1v) is 8.32. The molecule has 4 heterocycles. The van der Waals surface area contributed by atoms with E-state index >= 15 is 0 Å². The monoisotopic (exact) mass is 364 g/mol. The van der Waals surface area contributed by atoms with Crippen LogP contribution in [0.1, 0.15) is 21.6 Å². The van der Waals surface area contributed by atoms with Crippen LogP contribution in [-0.4, -0.2) is 25.4 Å². The Labute approximate surface area is 151 Å². The highest BCUT2D eigenvalue weighted by Gasteiger charge is 2.32. The molecular formula is C19H13FN4O3. The van der Waals surface area contributed by atoms with Gasteiger partial charge in [0.05, 0.1) is 18.4 Å². The predicted molar refractivity (Wildman–Crippen MR) is 93.5 cm³/mol. The number of hydrogen-bond donors (Lipinski definition) is 1. The van der Waals surface area contributed by atoms with Gasteiger partial charge in [0, 0.05) is 12.6 Å². The van der Waals surface area contributed by atoms with Gasteiger partial charge in [-0.3, -0.25) is 14.7 Å². The predicted octanol–water partition coefficient (Wildman–Crippen LogP) is 2.58. The van der Waals surface area contributed by atoms with Crippen LogP contribution in [0.2, 0.25) is 0 Å². The van der Waals surface area contributed by atoms with Crippen molar-refractivity contribution in [3.05, 3.63) is 81.7 Å². The Kier molecular flexibility index (Phi) is 3.27. The molecule has 0 fully saturated rings. The van der Waals surface area contributed by atoms with E-state index in [2.05, 4.69) is 10.1 Å². The van der Waals surface area contributed by atoms with Crippen molar-refractivity contribution in [2.24, 2.45) is 0 Å². The molecule has 0 radical (unpaired) electrons. The van der Waals surface area contributed by atoms with Crippen LogP contribution < -0.4 is 5.56 Å². The Hall–Kier alpha value is -3.68. The third-order valence-corrected chi connectivity index (χ3v) is 4.62. The molecule has 5 rings (SSSR count). The van der Waals surface area contributed by atoms with Gasteiger partial charge in [0.15, 0.2) is 11.4 Å². The molecule has 1 aliphatic heterocycles. The Bertz CT molecular complexity index is 1220. The van der Waals surface area contributed by atoms with Crippen LogP contribution in [0, 0.1) is 5.82 Å². The molecule has 1 aliphatic rings.